The van der Waals surface area contributed by atoms with Crippen molar-refractivity contribution in [3.8, 4) is 0 Å². The maximum absolute atomic E-state index is 12.6. The van der Waals surface area contributed by atoms with E-state index in [4.69, 9.17) is 0 Å². The van der Waals surface area contributed by atoms with Crippen LogP contribution in [0.4, 0.5) is 8.78 Å². The molecular formula is C9H13F2N. The molecule has 1 fully saturated rings. The number of allylic oxidation sites excluding steroid dienone is 1. The second-order valence-electron chi connectivity index (χ2n) is 3.12. The quantitative estimate of drug-likeness (QED) is 0.569. The summed E-state index contributed by atoms with van der Waals surface area (Å²) < 4.78 is 25.3. The molecule has 0 aromatic rings. The Morgan fingerprint density at radius 3 is 2.42 bits per heavy atom. The summed E-state index contributed by atoms with van der Waals surface area (Å²) in [5, 5.41) is 0. The zero-order valence-corrected chi connectivity index (χ0v) is 6.97. The maximum Gasteiger partial charge on any atom is 0.248 e. The Morgan fingerprint density at radius 2 is 1.92 bits per heavy atom. The van der Waals surface area contributed by atoms with Gasteiger partial charge in [0.2, 0.25) is 5.92 Å². The first-order chi connectivity index (χ1) is 5.64. The van der Waals surface area contributed by atoms with E-state index in [0.717, 1.165) is 0 Å². The third kappa shape index (κ3) is 2.72. The van der Waals surface area contributed by atoms with Gasteiger partial charge in [0, 0.05) is 19.1 Å². The van der Waals surface area contributed by atoms with Crippen molar-refractivity contribution in [2.75, 3.05) is 0 Å². The van der Waals surface area contributed by atoms with Crippen LogP contribution >= 0.6 is 0 Å². The van der Waals surface area contributed by atoms with Gasteiger partial charge in [-0.05, 0) is 12.8 Å². The number of alkyl halides is 2. The highest BCUT2D eigenvalue weighted by Crippen LogP contribution is 2.33. The van der Waals surface area contributed by atoms with Crippen molar-refractivity contribution >= 4 is 6.21 Å². The van der Waals surface area contributed by atoms with E-state index in [9.17, 15) is 8.78 Å². The normalized spacial score (nSPS) is 24.5. The van der Waals surface area contributed by atoms with Gasteiger partial charge in [0.1, 0.15) is 0 Å². The Hall–Kier alpha value is -0.730. The van der Waals surface area contributed by atoms with Gasteiger partial charge in [0.05, 0.1) is 6.04 Å². The molecule has 1 aliphatic rings. The highest BCUT2D eigenvalue weighted by molar-refractivity contribution is 5.70. The van der Waals surface area contributed by atoms with Crippen LogP contribution in [0.2, 0.25) is 0 Å². The molecule has 0 N–H and O–H groups in total. The Labute approximate surface area is 71.2 Å². The van der Waals surface area contributed by atoms with Gasteiger partial charge < -0.3 is 0 Å². The Morgan fingerprint density at radius 1 is 1.33 bits per heavy atom. The molecule has 0 bridgehead atoms. The zero-order chi connectivity index (χ0) is 9.03. The van der Waals surface area contributed by atoms with Crippen LogP contribution in [0.15, 0.2) is 17.6 Å². The topological polar surface area (TPSA) is 12.4 Å². The minimum absolute atomic E-state index is 0.0217. The van der Waals surface area contributed by atoms with Crippen LogP contribution in [0.1, 0.15) is 25.7 Å². The second kappa shape index (κ2) is 3.78. The lowest BCUT2D eigenvalue weighted by Gasteiger charge is -2.25. The predicted molar refractivity (Wildman–Crippen MR) is 45.9 cm³/mol. The lowest BCUT2D eigenvalue weighted by molar-refractivity contribution is -0.0373. The van der Waals surface area contributed by atoms with Gasteiger partial charge in [0.25, 0.3) is 0 Å². The smallest absolute Gasteiger partial charge is 0.248 e. The van der Waals surface area contributed by atoms with E-state index in [1.54, 1.807) is 12.3 Å². The Balaban J connectivity index is 2.36. The molecule has 0 atom stereocenters. The molecule has 0 amide bonds. The first-order valence-corrected chi connectivity index (χ1v) is 4.16. The molecule has 1 aliphatic carbocycles. The molecule has 12 heavy (non-hydrogen) atoms. The van der Waals surface area contributed by atoms with Crippen LogP contribution in [-0.4, -0.2) is 18.2 Å². The number of halogens is 2. The van der Waals surface area contributed by atoms with Crippen molar-refractivity contribution in [1.29, 1.82) is 0 Å². The van der Waals surface area contributed by atoms with Crippen molar-refractivity contribution in [3.05, 3.63) is 12.7 Å². The molecule has 0 aliphatic heterocycles. The van der Waals surface area contributed by atoms with Gasteiger partial charge >= 0.3 is 0 Å². The third-order valence-corrected chi connectivity index (χ3v) is 2.09. The molecule has 0 unspecified atom stereocenters. The first kappa shape index (κ1) is 9.36. The summed E-state index contributed by atoms with van der Waals surface area (Å²) in [6, 6.07) is 0.0858. The summed E-state index contributed by atoms with van der Waals surface area (Å²) in [4.78, 5) is 4.09. The number of rotatable bonds is 2. The summed E-state index contributed by atoms with van der Waals surface area (Å²) in [7, 11) is 0. The fraction of sp³-hybridized carbons (Fsp3) is 0.667. The van der Waals surface area contributed by atoms with Crippen molar-refractivity contribution in [1.82, 2.24) is 0 Å². The SMILES string of the molecule is C=CC=NC1CCC(F)(F)CC1. The summed E-state index contributed by atoms with van der Waals surface area (Å²) in [5.41, 5.74) is 0. The maximum atomic E-state index is 12.6. The fourth-order valence-electron chi connectivity index (χ4n) is 1.36. The average Bonchev–Trinajstić information content (AvgIpc) is 2.03. The molecule has 0 aromatic heterocycles. The number of aliphatic imine (C=N–C) groups is 1. The minimum Gasteiger partial charge on any atom is -0.290 e. The van der Waals surface area contributed by atoms with Gasteiger partial charge in [-0.3, -0.25) is 4.99 Å². The molecule has 3 heteroatoms. The monoisotopic (exact) mass is 173 g/mol. The van der Waals surface area contributed by atoms with Crippen molar-refractivity contribution in [3.63, 3.8) is 0 Å². The Kier molecular flexibility index (Phi) is 2.95. The van der Waals surface area contributed by atoms with Gasteiger partial charge in [-0.1, -0.05) is 12.7 Å². The second-order valence-corrected chi connectivity index (χ2v) is 3.12. The predicted octanol–water partition coefficient (Wildman–Crippen LogP) is 2.82. The molecule has 0 aromatic carbocycles. The molecule has 1 rings (SSSR count). The van der Waals surface area contributed by atoms with Crippen LogP contribution in [0.25, 0.3) is 0 Å². The van der Waals surface area contributed by atoms with E-state index in [0.29, 0.717) is 12.8 Å². The molecule has 0 radical (unpaired) electrons. The number of hydrogen-bond acceptors (Lipinski definition) is 1. The zero-order valence-electron chi connectivity index (χ0n) is 6.97. The first-order valence-electron chi connectivity index (χ1n) is 4.16. The summed E-state index contributed by atoms with van der Waals surface area (Å²) in [6.45, 7) is 3.48. The van der Waals surface area contributed by atoms with E-state index >= 15 is 0 Å². The van der Waals surface area contributed by atoms with E-state index in [1.165, 1.54) is 0 Å². The third-order valence-electron chi connectivity index (χ3n) is 2.09. The molecule has 1 saturated carbocycles. The number of hydrogen-bond donors (Lipinski definition) is 0. The summed E-state index contributed by atoms with van der Waals surface area (Å²) >= 11 is 0. The standard InChI is InChI=1S/C9H13F2N/c1-2-7-12-8-3-5-9(10,11)6-4-8/h2,7-8H,1,3-6H2. The minimum atomic E-state index is -2.44. The van der Waals surface area contributed by atoms with E-state index in [2.05, 4.69) is 11.6 Å². The van der Waals surface area contributed by atoms with E-state index in [1.807, 2.05) is 0 Å². The molecule has 0 spiro atoms. The summed E-state index contributed by atoms with van der Waals surface area (Å²) in [5.74, 6) is -2.44. The molecular weight excluding hydrogens is 160 g/mol. The van der Waals surface area contributed by atoms with Crippen LogP contribution in [0.5, 0.6) is 0 Å². The van der Waals surface area contributed by atoms with Crippen LogP contribution in [0, 0.1) is 0 Å². The highest BCUT2D eigenvalue weighted by Gasteiger charge is 2.34. The van der Waals surface area contributed by atoms with Crippen molar-refractivity contribution in [2.24, 2.45) is 4.99 Å². The molecule has 0 heterocycles. The van der Waals surface area contributed by atoms with Gasteiger partial charge in [-0.2, -0.15) is 0 Å². The largest absolute Gasteiger partial charge is 0.290 e. The highest BCUT2D eigenvalue weighted by atomic mass is 19.3. The number of nitrogens with zero attached hydrogens (tertiary/aromatic N) is 1. The van der Waals surface area contributed by atoms with Crippen LogP contribution in [0.3, 0.4) is 0 Å². The fourth-order valence-corrected chi connectivity index (χ4v) is 1.36. The van der Waals surface area contributed by atoms with Crippen molar-refractivity contribution < 1.29 is 8.78 Å². The molecule has 1 nitrogen and oxygen atoms in total. The van der Waals surface area contributed by atoms with Gasteiger partial charge in [-0.25, -0.2) is 8.78 Å². The summed E-state index contributed by atoms with van der Waals surface area (Å²) in [6.07, 6.45) is 4.12. The van der Waals surface area contributed by atoms with E-state index in [-0.39, 0.29) is 18.9 Å². The molecule has 0 saturated heterocycles. The van der Waals surface area contributed by atoms with Crippen molar-refractivity contribution in [2.45, 2.75) is 37.6 Å². The molecule has 68 valence electrons. The lowest BCUT2D eigenvalue weighted by Crippen LogP contribution is -2.26. The van der Waals surface area contributed by atoms with E-state index < -0.39 is 5.92 Å². The van der Waals surface area contributed by atoms with Gasteiger partial charge in [0.15, 0.2) is 0 Å². The Bertz CT molecular complexity index is 177. The van der Waals surface area contributed by atoms with Crippen LogP contribution < -0.4 is 0 Å². The van der Waals surface area contributed by atoms with Crippen LogP contribution in [-0.2, 0) is 0 Å². The van der Waals surface area contributed by atoms with Gasteiger partial charge in [-0.15, -0.1) is 0 Å². The average molecular weight is 173 g/mol. The lowest BCUT2D eigenvalue weighted by atomic mass is 9.93.